The molecule has 6 heteroatoms. The van der Waals surface area contributed by atoms with Gasteiger partial charge in [0, 0.05) is 17.7 Å². The lowest BCUT2D eigenvalue weighted by Crippen LogP contribution is -1.86. The average molecular weight is 248 g/mol. The first-order valence-electron chi connectivity index (χ1n) is 4.79. The average Bonchev–Trinajstić information content (AvgIpc) is 2.70. The summed E-state index contributed by atoms with van der Waals surface area (Å²) in [5, 5.41) is 11.2. The lowest BCUT2D eigenvalue weighted by molar-refractivity contribution is -0.384. The van der Waals surface area contributed by atoms with Crippen LogP contribution in [0.25, 0.3) is 10.6 Å². The first-order valence-corrected chi connectivity index (χ1v) is 5.61. The molecule has 0 aliphatic rings. The summed E-state index contributed by atoms with van der Waals surface area (Å²) in [6.07, 6.45) is 0.766. The minimum Gasteiger partial charge on any atom is -0.297 e. The fourth-order valence-corrected chi connectivity index (χ4v) is 2.25. The molecule has 1 aromatic heterocycles. The summed E-state index contributed by atoms with van der Waals surface area (Å²) >= 11 is 1.28. The summed E-state index contributed by atoms with van der Waals surface area (Å²) in [5.74, 6) is 0. The summed E-state index contributed by atoms with van der Waals surface area (Å²) in [6.45, 7) is 1.76. The molecule has 2 aromatic rings. The number of nitro benzene ring substituents is 1. The molecule has 0 fully saturated rings. The number of thiazole rings is 1. The number of hydrogen-bond donors (Lipinski definition) is 0. The van der Waals surface area contributed by atoms with E-state index in [0.29, 0.717) is 15.6 Å². The van der Waals surface area contributed by atoms with Crippen molar-refractivity contribution >= 4 is 23.3 Å². The van der Waals surface area contributed by atoms with Crippen LogP contribution < -0.4 is 0 Å². The Morgan fingerprint density at radius 2 is 2.00 bits per heavy atom. The highest BCUT2D eigenvalue weighted by molar-refractivity contribution is 7.16. The Kier molecular flexibility index (Phi) is 2.97. The van der Waals surface area contributed by atoms with Crippen molar-refractivity contribution in [1.29, 1.82) is 0 Å². The van der Waals surface area contributed by atoms with E-state index in [1.165, 1.54) is 23.5 Å². The van der Waals surface area contributed by atoms with Crippen molar-refractivity contribution in [2.24, 2.45) is 0 Å². The number of hydrogen-bond acceptors (Lipinski definition) is 5. The van der Waals surface area contributed by atoms with E-state index >= 15 is 0 Å². The van der Waals surface area contributed by atoms with Crippen molar-refractivity contribution in [2.45, 2.75) is 6.92 Å². The molecule has 0 aliphatic heterocycles. The Hall–Kier alpha value is -2.08. The van der Waals surface area contributed by atoms with E-state index in [-0.39, 0.29) is 5.69 Å². The zero-order valence-corrected chi connectivity index (χ0v) is 9.73. The van der Waals surface area contributed by atoms with E-state index in [1.54, 1.807) is 19.1 Å². The van der Waals surface area contributed by atoms with E-state index in [4.69, 9.17) is 0 Å². The molecule has 17 heavy (non-hydrogen) atoms. The highest BCUT2D eigenvalue weighted by Gasteiger charge is 2.10. The predicted octanol–water partition coefficient (Wildman–Crippen LogP) is 2.84. The number of rotatable bonds is 3. The van der Waals surface area contributed by atoms with Gasteiger partial charge in [-0.1, -0.05) is 0 Å². The highest BCUT2D eigenvalue weighted by atomic mass is 32.1. The van der Waals surface area contributed by atoms with Crippen LogP contribution in [-0.2, 0) is 0 Å². The van der Waals surface area contributed by atoms with Crippen LogP contribution in [0.1, 0.15) is 15.4 Å². The van der Waals surface area contributed by atoms with Crippen LogP contribution in [-0.4, -0.2) is 16.2 Å². The third kappa shape index (κ3) is 2.21. The van der Waals surface area contributed by atoms with Crippen molar-refractivity contribution in [3.8, 4) is 10.6 Å². The summed E-state index contributed by atoms with van der Waals surface area (Å²) in [4.78, 5) is 25.6. The van der Waals surface area contributed by atoms with Crippen molar-refractivity contribution < 1.29 is 9.72 Å². The molecule has 0 radical (unpaired) electrons. The molecule has 0 spiro atoms. The standard InChI is InChI=1S/C11H8N2O3S/c1-7-10(6-14)17-11(12-7)8-2-4-9(5-3-8)13(15)16/h2-6H,1H3. The summed E-state index contributed by atoms with van der Waals surface area (Å²) < 4.78 is 0. The quantitative estimate of drug-likeness (QED) is 0.475. The lowest BCUT2D eigenvalue weighted by Gasteiger charge is -1.95. The zero-order chi connectivity index (χ0) is 12.4. The van der Waals surface area contributed by atoms with Gasteiger partial charge in [0.2, 0.25) is 0 Å². The Bertz CT molecular complexity index is 575. The number of carbonyl (C=O) groups excluding carboxylic acids is 1. The molecule has 5 nitrogen and oxygen atoms in total. The molecule has 2 rings (SSSR count). The normalized spacial score (nSPS) is 10.2. The predicted molar refractivity (Wildman–Crippen MR) is 64.3 cm³/mol. The first kappa shape index (κ1) is 11.4. The maximum atomic E-state index is 10.7. The zero-order valence-electron chi connectivity index (χ0n) is 8.91. The Morgan fingerprint density at radius 3 is 2.47 bits per heavy atom. The minimum atomic E-state index is -0.451. The topological polar surface area (TPSA) is 73.1 Å². The van der Waals surface area contributed by atoms with Crippen molar-refractivity contribution in [3.05, 3.63) is 45.0 Å². The van der Waals surface area contributed by atoms with Crippen molar-refractivity contribution in [3.63, 3.8) is 0 Å². The lowest BCUT2D eigenvalue weighted by atomic mass is 10.2. The molecule has 0 aliphatic carbocycles. The first-order chi connectivity index (χ1) is 8.11. The molecular formula is C11H8N2O3S. The number of aromatic nitrogens is 1. The van der Waals surface area contributed by atoms with Gasteiger partial charge in [0.25, 0.3) is 5.69 Å². The maximum Gasteiger partial charge on any atom is 0.269 e. The fraction of sp³-hybridized carbons (Fsp3) is 0.0909. The number of aldehydes is 1. The third-order valence-corrected chi connectivity index (χ3v) is 3.40. The fourth-order valence-electron chi connectivity index (χ4n) is 1.37. The van der Waals surface area contributed by atoms with Gasteiger partial charge in [-0.05, 0) is 19.1 Å². The van der Waals surface area contributed by atoms with Gasteiger partial charge < -0.3 is 0 Å². The number of nitro groups is 1. The molecule has 86 valence electrons. The Balaban J connectivity index is 2.39. The van der Waals surface area contributed by atoms with Gasteiger partial charge in [-0.15, -0.1) is 11.3 Å². The Morgan fingerprint density at radius 1 is 1.35 bits per heavy atom. The van der Waals surface area contributed by atoms with Crippen LogP contribution in [0.2, 0.25) is 0 Å². The van der Waals surface area contributed by atoms with Crippen LogP contribution in [0.4, 0.5) is 5.69 Å². The van der Waals surface area contributed by atoms with Gasteiger partial charge in [-0.3, -0.25) is 14.9 Å². The van der Waals surface area contributed by atoms with Gasteiger partial charge in [0.15, 0.2) is 6.29 Å². The monoisotopic (exact) mass is 248 g/mol. The van der Waals surface area contributed by atoms with E-state index in [1.807, 2.05) is 0 Å². The highest BCUT2D eigenvalue weighted by Crippen LogP contribution is 2.28. The largest absolute Gasteiger partial charge is 0.297 e. The summed E-state index contributed by atoms with van der Waals surface area (Å²) in [6, 6.07) is 6.11. The molecule has 0 atom stereocenters. The molecule has 0 saturated heterocycles. The molecule has 0 N–H and O–H groups in total. The van der Waals surface area contributed by atoms with Crippen LogP contribution in [0.15, 0.2) is 24.3 Å². The molecular weight excluding hydrogens is 240 g/mol. The maximum absolute atomic E-state index is 10.7. The van der Waals surface area contributed by atoms with Gasteiger partial charge in [-0.25, -0.2) is 4.98 Å². The summed E-state index contributed by atoms with van der Waals surface area (Å²) in [5.41, 5.74) is 1.49. The second-order valence-electron chi connectivity index (χ2n) is 3.39. The molecule has 0 bridgehead atoms. The second-order valence-corrected chi connectivity index (χ2v) is 4.42. The number of carbonyl (C=O) groups is 1. The number of non-ortho nitro benzene ring substituents is 1. The van der Waals surface area contributed by atoms with Gasteiger partial charge in [0.05, 0.1) is 15.5 Å². The number of aryl methyl sites for hydroxylation is 1. The van der Waals surface area contributed by atoms with Crippen LogP contribution in [0, 0.1) is 17.0 Å². The van der Waals surface area contributed by atoms with E-state index in [9.17, 15) is 14.9 Å². The SMILES string of the molecule is Cc1nc(-c2ccc([N+](=O)[O-])cc2)sc1C=O. The summed E-state index contributed by atoms with van der Waals surface area (Å²) in [7, 11) is 0. The third-order valence-electron chi connectivity index (χ3n) is 2.26. The van der Waals surface area contributed by atoms with E-state index in [2.05, 4.69) is 4.98 Å². The number of nitrogens with zero attached hydrogens (tertiary/aromatic N) is 2. The van der Waals surface area contributed by atoms with Gasteiger partial charge >= 0.3 is 0 Å². The molecule has 1 aromatic carbocycles. The van der Waals surface area contributed by atoms with Crippen molar-refractivity contribution in [1.82, 2.24) is 4.98 Å². The van der Waals surface area contributed by atoms with Gasteiger partial charge in [-0.2, -0.15) is 0 Å². The molecule has 0 unspecified atom stereocenters. The second kappa shape index (κ2) is 4.42. The molecule has 1 heterocycles. The van der Waals surface area contributed by atoms with Crippen molar-refractivity contribution in [2.75, 3.05) is 0 Å². The smallest absolute Gasteiger partial charge is 0.269 e. The van der Waals surface area contributed by atoms with E-state index < -0.39 is 4.92 Å². The number of benzene rings is 1. The van der Waals surface area contributed by atoms with Crippen LogP contribution in [0.3, 0.4) is 0 Å². The Labute approximate surface area is 101 Å². The van der Waals surface area contributed by atoms with Crippen LogP contribution >= 0.6 is 11.3 Å². The minimum absolute atomic E-state index is 0.0395. The van der Waals surface area contributed by atoms with Crippen LogP contribution in [0.5, 0.6) is 0 Å². The molecule has 0 saturated carbocycles. The van der Waals surface area contributed by atoms with Gasteiger partial charge in [0.1, 0.15) is 5.01 Å². The van der Waals surface area contributed by atoms with E-state index in [0.717, 1.165) is 11.8 Å². The molecule has 0 amide bonds.